The quantitative estimate of drug-likeness (QED) is 0.636. The van der Waals surface area contributed by atoms with Crippen LogP contribution < -0.4 is 20.1 Å². The average Bonchev–Trinajstić information content (AvgIpc) is 3.21. The molecule has 0 aliphatic carbocycles. The fourth-order valence-corrected chi connectivity index (χ4v) is 2.65. The third-order valence-corrected chi connectivity index (χ3v) is 4.04. The summed E-state index contributed by atoms with van der Waals surface area (Å²) < 4.78 is 15.8. The number of hydrogen-bond donors (Lipinski definition) is 2. The summed E-state index contributed by atoms with van der Waals surface area (Å²) in [6, 6.07) is 10.3. The molecule has 0 aliphatic rings. The summed E-state index contributed by atoms with van der Waals surface area (Å²) in [5, 5.41) is 6.38. The summed E-state index contributed by atoms with van der Waals surface area (Å²) in [6.45, 7) is 0.285. The van der Waals surface area contributed by atoms with Gasteiger partial charge in [0.25, 0.3) is 5.91 Å². The molecule has 2 N–H and O–H groups in total. The number of anilines is 2. The predicted molar refractivity (Wildman–Crippen MR) is 102 cm³/mol. The molecule has 8 heteroatoms. The van der Waals surface area contributed by atoms with E-state index in [1.54, 1.807) is 56.0 Å². The highest BCUT2D eigenvalue weighted by Gasteiger charge is 2.12. The maximum Gasteiger partial charge on any atom is 0.270 e. The number of halogens is 1. The van der Waals surface area contributed by atoms with Crippen molar-refractivity contribution in [3.05, 3.63) is 65.3 Å². The van der Waals surface area contributed by atoms with Crippen LogP contribution in [0.25, 0.3) is 0 Å². The van der Waals surface area contributed by atoms with Crippen molar-refractivity contribution in [2.24, 2.45) is 0 Å². The summed E-state index contributed by atoms with van der Waals surface area (Å²) >= 11 is 6.12. The summed E-state index contributed by atoms with van der Waals surface area (Å²) in [5.41, 5.74) is 1.58. The number of carbonyl (C=O) groups excluding carboxylic acids is 1. The van der Waals surface area contributed by atoms with Crippen LogP contribution in [0.15, 0.2) is 53.3 Å². The van der Waals surface area contributed by atoms with Crippen molar-refractivity contribution in [2.75, 3.05) is 19.5 Å². The van der Waals surface area contributed by atoms with Crippen LogP contribution in [0.4, 0.5) is 11.4 Å². The van der Waals surface area contributed by atoms with Gasteiger partial charge in [-0.2, -0.15) is 0 Å². The van der Waals surface area contributed by atoms with Crippen LogP contribution in [0.3, 0.4) is 0 Å². The Kier molecular flexibility index (Phi) is 5.83. The highest BCUT2D eigenvalue weighted by atomic mass is 35.5. The van der Waals surface area contributed by atoms with E-state index in [-0.39, 0.29) is 18.1 Å². The van der Waals surface area contributed by atoms with Crippen LogP contribution in [-0.4, -0.2) is 25.1 Å². The molecule has 1 aromatic carbocycles. The standard InChI is InChI=1S/C19H18ClN3O4/c1-25-17-10-15(18(26-2)9-14(17)20)23-12-5-6-21-16(8-12)19(24)22-11-13-4-3-7-27-13/h3-10H,11H2,1-2H3,(H,21,23)(H,22,24). The van der Waals surface area contributed by atoms with Crippen LogP contribution >= 0.6 is 11.6 Å². The van der Waals surface area contributed by atoms with Gasteiger partial charge in [-0.3, -0.25) is 9.78 Å². The molecule has 140 valence electrons. The van der Waals surface area contributed by atoms with Gasteiger partial charge in [0.1, 0.15) is 23.0 Å². The molecule has 0 saturated carbocycles. The molecular formula is C19H18ClN3O4. The maximum atomic E-state index is 12.3. The van der Waals surface area contributed by atoms with Gasteiger partial charge >= 0.3 is 0 Å². The molecule has 0 aliphatic heterocycles. The molecule has 0 unspecified atom stereocenters. The van der Waals surface area contributed by atoms with Crippen LogP contribution in [0.2, 0.25) is 5.02 Å². The zero-order valence-corrected chi connectivity index (χ0v) is 15.5. The Bertz CT molecular complexity index is 929. The Morgan fingerprint density at radius 3 is 2.70 bits per heavy atom. The third-order valence-electron chi connectivity index (χ3n) is 3.75. The van der Waals surface area contributed by atoms with E-state index in [1.807, 2.05) is 0 Å². The first kappa shape index (κ1) is 18.6. The molecule has 0 bridgehead atoms. The number of hydrogen-bond acceptors (Lipinski definition) is 6. The molecule has 0 spiro atoms. The van der Waals surface area contributed by atoms with Crippen molar-refractivity contribution in [2.45, 2.75) is 6.54 Å². The zero-order valence-electron chi connectivity index (χ0n) is 14.8. The number of furan rings is 1. The van der Waals surface area contributed by atoms with Crippen LogP contribution in [0.1, 0.15) is 16.2 Å². The number of pyridine rings is 1. The SMILES string of the molecule is COc1cc(Nc2ccnc(C(=O)NCc3ccco3)c2)c(OC)cc1Cl. The van der Waals surface area contributed by atoms with E-state index >= 15 is 0 Å². The van der Waals surface area contributed by atoms with E-state index < -0.39 is 0 Å². The smallest absolute Gasteiger partial charge is 0.270 e. The van der Waals surface area contributed by atoms with Crippen molar-refractivity contribution in [3.8, 4) is 11.5 Å². The summed E-state index contributed by atoms with van der Waals surface area (Å²) in [5.74, 6) is 1.40. The van der Waals surface area contributed by atoms with E-state index in [9.17, 15) is 4.79 Å². The second-order valence-corrected chi connectivity index (χ2v) is 5.91. The van der Waals surface area contributed by atoms with E-state index in [1.165, 1.54) is 7.11 Å². The van der Waals surface area contributed by atoms with E-state index in [2.05, 4.69) is 15.6 Å². The van der Waals surface area contributed by atoms with Crippen molar-refractivity contribution in [1.82, 2.24) is 10.3 Å². The van der Waals surface area contributed by atoms with Gasteiger partial charge in [0.05, 0.1) is 37.7 Å². The minimum absolute atomic E-state index is 0.270. The number of rotatable bonds is 7. The minimum atomic E-state index is -0.310. The number of nitrogens with one attached hydrogen (secondary N) is 2. The first-order valence-electron chi connectivity index (χ1n) is 8.06. The number of ether oxygens (including phenoxy) is 2. The maximum absolute atomic E-state index is 12.3. The van der Waals surface area contributed by atoms with E-state index in [4.69, 9.17) is 25.5 Å². The number of aromatic nitrogens is 1. The number of methoxy groups -OCH3 is 2. The van der Waals surface area contributed by atoms with Crippen molar-refractivity contribution in [1.29, 1.82) is 0 Å². The molecule has 27 heavy (non-hydrogen) atoms. The van der Waals surface area contributed by atoms with Crippen LogP contribution in [0, 0.1) is 0 Å². The minimum Gasteiger partial charge on any atom is -0.495 e. The lowest BCUT2D eigenvalue weighted by Crippen LogP contribution is -2.23. The molecule has 7 nitrogen and oxygen atoms in total. The van der Waals surface area contributed by atoms with Gasteiger partial charge in [-0.1, -0.05) is 11.6 Å². The van der Waals surface area contributed by atoms with Crippen molar-refractivity contribution < 1.29 is 18.7 Å². The lowest BCUT2D eigenvalue weighted by Gasteiger charge is -2.14. The largest absolute Gasteiger partial charge is 0.495 e. The molecule has 1 amide bonds. The summed E-state index contributed by atoms with van der Waals surface area (Å²) in [6.07, 6.45) is 3.10. The molecule has 0 saturated heterocycles. The summed E-state index contributed by atoms with van der Waals surface area (Å²) in [7, 11) is 3.08. The lowest BCUT2D eigenvalue weighted by molar-refractivity contribution is 0.0943. The van der Waals surface area contributed by atoms with Gasteiger partial charge in [0, 0.05) is 24.0 Å². The Labute approximate surface area is 161 Å². The number of benzene rings is 1. The highest BCUT2D eigenvalue weighted by molar-refractivity contribution is 6.32. The fraction of sp³-hybridized carbons (Fsp3) is 0.158. The Morgan fingerprint density at radius 1 is 1.19 bits per heavy atom. The highest BCUT2D eigenvalue weighted by Crippen LogP contribution is 2.37. The molecule has 0 radical (unpaired) electrons. The molecule has 3 aromatic rings. The van der Waals surface area contributed by atoms with Crippen LogP contribution in [-0.2, 0) is 6.54 Å². The molecule has 0 fully saturated rings. The number of nitrogens with zero attached hydrogens (tertiary/aromatic N) is 1. The van der Waals surface area contributed by atoms with Crippen molar-refractivity contribution in [3.63, 3.8) is 0 Å². The molecule has 3 rings (SSSR count). The Morgan fingerprint density at radius 2 is 2.00 bits per heavy atom. The predicted octanol–water partition coefficient (Wildman–Crippen LogP) is 4.02. The number of amides is 1. The normalized spacial score (nSPS) is 10.3. The van der Waals surface area contributed by atoms with Crippen molar-refractivity contribution >= 4 is 28.9 Å². The first-order chi connectivity index (χ1) is 13.1. The van der Waals surface area contributed by atoms with Gasteiger partial charge in [-0.05, 0) is 24.3 Å². The van der Waals surface area contributed by atoms with Gasteiger partial charge < -0.3 is 24.5 Å². The Hall–Kier alpha value is -3.19. The average molecular weight is 388 g/mol. The number of carbonyl (C=O) groups is 1. The molecule has 2 heterocycles. The molecular weight excluding hydrogens is 370 g/mol. The van der Waals surface area contributed by atoms with Gasteiger partial charge in [-0.25, -0.2) is 0 Å². The fourth-order valence-electron chi connectivity index (χ4n) is 2.42. The van der Waals surface area contributed by atoms with Gasteiger partial charge in [-0.15, -0.1) is 0 Å². The van der Waals surface area contributed by atoms with E-state index in [0.717, 1.165) is 0 Å². The van der Waals surface area contributed by atoms with Gasteiger partial charge in [0.2, 0.25) is 0 Å². The lowest BCUT2D eigenvalue weighted by atomic mass is 10.2. The topological polar surface area (TPSA) is 85.6 Å². The van der Waals surface area contributed by atoms with E-state index in [0.29, 0.717) is 33.7 Å². The van der Waals surface area contributed by atoms with Crippen LogP contribution in [0.5, 0.6) is 11.5 Å². The van der Waals surface area contributed by atoms with Gasteiger partial charge in [0.15, 0.2) is 0 Å². The molecule has 0 atom stereocenters. The monoisotopic (exact) mass is 387 g/mol. The second kappa shape index (κ2) is 8.46. The zero-order chi connectivity index (χ0) is 19.2. The third kappa shape index (κ3) is 4.51. The summed E-state index contributed by atoms with van der Waals surface area (Å²) in [4.78, 5) is 16.4. The second-order valence-electron chi connectivity index (χ2n) is 5.50. The molecule has 2 aromatic heterocycles. The first-order valence-corrected chi connectivity index (χ1v) is 8.43. The Balaban J connectivity index is 1.76.